The molecule has 0 aromatic heterocycles. The minimum absolute atomic E-state index is 0.204. The number of benzene rings is 1. The number of carbonyl (C=O) groups excluding carboxylic acids is 2. The van der Waals surface area contributed by atoms with E-state index in [9.17, 15) is 19.1 Å². The zero-order valence-electron chi connectivity index (χ0n) is 25.4. The molecular formula is C32H47FN4O4. The van der Waals surface area contributed by atoms with Crippen LogP contribution in [-0.4, -0.2) is 73.5 Å². The van der Waals surface area contributed by atoms with Crippen LogP contribution >= 0.6 is 0 Å². The Morgan fingerprint density at radius 1 is 1.32 bits per heavy atom. The molecule has 0 saturated carbocycles. The molecule has 1 aromatic carbocycles. The first-order valence-corrected chi connectivity index (χ1v) is 14.3. The third-order valence-electron chi connectivity index (χ3n) is 6.10. The monoisotopic (exact) mass is 570 g/mol. The molecular weight excluding hydrogens is 523 g/mol. The second kappa shape index (κ2) is 19.4. The molecule has 2 aliphatic rings. The number of fused-ring (bicyclic) bond motifs is 2. The summed E-state index contributed by atoms with van der Waals surface area (Å²) in [5, 5.41) is 16.7. The molecule has 226 valence electrons. The summed E-state index contributed by atoms with van der Waals surface area (Å²) in [5.74, 6) is -1.89. The van der Waals surface area contributed by atoms with Crippen LogP contribution in [0, 0.1) is 5.82 Å². The van der Waals surface area contributed by atoms with E-state index in [4.69, 9.17) is 4.74 Å². The van der Waals surface area contributed by atoms with Crippen LogP contribution in [-0.2, 0) is 20.7 Å². The van der Waals surface area contributed by atoms with Gasteiger partial charge in [0.1, 0.15) is 17.1 Å². The third kappa shape index (κ3) is 11.4. The maximum Gasteiger partial charge on any atom is 0.263 e. The van der Waals surface area contributed by atoms with E-state index in [-0.39, 0.29) is 42.9 Å². The Morgan fingerprint density at radius 3 is 2.61 bits per heavy atom. The van der Waals surface area contributed by atoms with Gasteiger partial charge in [0, 0.05) is 38.0 Å². The van der Waals surface area contributed by atoms with E-state index in [0.29, 0.717) is 26.1 Å². The number of nitrogens with one attached hydrogen (secondary N) is 2. The number of aliphatic hydroxyl groups excluding tert-OH is 1. The van der Waals surface area contributed by atoms with Gasteiger partial charge in [-0.2, -0.15) is 0 Å². The van der Waals surface area contributed by atoms with Gasteiger partial charge in [-0.05, 0) is 50.5 Å². The summed E-state index contributed by atoms with van der Waals surface area (Å²) in [6.07, 6.45) is 6.87. The lowest BCUT2D eigenvalue weighted by atomic mass is 9.97. The van der Waals surface area contributed by atoms with Crippen molar-refractivity contribution in [1.29, 1.82) is 0 Å². The molecule has 41 heavy (non-hydrogen) atoms. The summed E-state index contributed by atoms with van der Waals surface area (Å²) < 4.78 is 18.9. The molecule has 9 heteroatoms. The Kier molecular flexibility index (Phi) is 16.7. The minimum atomic E-state index is -0.652. The van der Waals surface area contributed by atoms with Gasteiger partial charge in [0.15, 0.2) is 0 Å². The summed E-state index contributed by atoms with van der Waals surface area (Å²) in [6, 6.07) is 5.84. The van der Waals surface area contributed by atoms with Crippen LogP contribution < -0.4 is 10.6 Å². The van der Waals surface area contributed by atoms with Gasteiger partial charge in [-0.3, -0.25) is 14.6 Å². The Hall–Kier alpha value is -3.72. The number of ether oxygens (including phenoxy) is 1. The molecule has 0 spiro atoms. The molecule has 3 rings (SSSR count). The van der Waals surface area contributed by atoms with E-state index in [1.807, 2.05) is 34.6 Å². The number of piperazine rings is 1. The van der Waals surface area contributed by atoms with Gasteiger partial charge in [0.05, 0.1) is 25.8 Å². The first-order valence-electron chi connectivity index (χ1n) is 14.3. The largest absolute Gasteiger partial charge is 0.509 e. The maximum absolute atomic E-state index is 13.5. The molecule has 0 radical (unpaired) electrons. The van der Waals surface area contributed by atoms with E-state index in [0.717, 1.165) is 28.8 Å². The third-order valence-corrected chi connectivity index (χ3v) is 6.10. The van der Waals surface area contributed by atoms with Crippen molar-refractivity contribution in [2.24, 2.45) is 4.99 Å². The predicted molar refractivity (Wildman–Crippen MR) is 164 cm³/mol. The topological polar surface area (TPSA) is 103 Å². The van der Waals surface area contributed by atoms with Gasteiger partial charge < -0.3 is 25.4 Å². The van der Waals surface area contributed by atoms with Crippen molar-refractivity contribution in [3.63, 3.8) is 0 Å². The lowest BCUT2D eigenvalue weighted by Gasteiger charge is -2.38. The van der Waals surface area contributed by atoms with Crippen molar-refractivity contribution in [1.82, 2.24) is 15.5 Å². The fourth-order valence-corrected chi connectivity index (χ4v) is 4.28. The van der Waals surface area contributed by atoms with E-state index < -0.39 is 11.8 Å². The van der Waals surface area contributed by atoms with Gasteiger partial charge in [0.2, 0.25) is 0 Å². The van der Waals surface area contributed by atoms with Crippen molar-refractivity contribution in [3.8, 4) is 0 Å². The highest BCUT2D eigenvalue weighted by Crippen LogP contribution is 2.23. The standard InChI is InChI=1S/C27H35FN4O4.C3H6.C2H6/c1-4-5-18(2)17-36-13-11-31-26(34)24-23(33)16-29-15-21(14-20-6-8-22(28)9-7-20)25-19(3)32(27(24)35)12-10-30-25;1-3-2;1-2/h5-9,15,19,30,33H,4,10-14,16-17H2,1-3H3,(H,31,34);3H,1H2,2H3;1-2H3/b18-5+,24-23+,25-21+,29-15?;;. The van der Waals surface area contributed by atoms with Gasteiger partial charge >= 0.3 is 0 Å². The van der Waals surface area contributed by atoms with Crippen LogP contribution in [0.1, 0.15) is 53.5 Å². The van der Waals surface area contributed by atoms with Crippen LogP contribution in [0.15, 0.2) is 76.2 Å². The molecule has 1 fully saturated rings. The second-order valence-electron chi connectivity index (χ2n) is 9.31. The van der Waals surface area contributed by atoms with Crippen LogP contribution in [0.3, 0.4) is 0 Å². The second-order valence-corrected chi connectivity index (χ2v) is 9.31. The Balaban J connectivity index is 0.00000157. The summed E-state index contributed by atoms with van der Waals surface area (Å²) in [6.45, 7) is 16.8. The van der Waals surface area contributed by atoms with E-state index in [2.05, 4.69) is 35.2 Å². The first-order chi connectivity index (χ1) is 19.7. The number of amides is 2. The van der Waals surface area contributed by atoms with Gasteiger partial charge in [0.25, 0.3) is 11.8 Å². The summed E-state index contributed by atoms with van der Waals surface area (Å²) >= 11 is 0. The van der Waals surface area contributed by atoms with E-state index in [1.165, 1.54) is 12.1 Å². The number of carbonyl (C=O) groups is 2. The number of aliphatic hydroxyl groups is 1. The molecule has 0 aliphatic carbocycles. The SMILES string of the molecule is C=CC.CC.CC/C=C(\C)COCCNC(=O)/C1=C(\O)CN=C/C(Cc2ccc(F)cc2)=C2/NCCN(C1=O)C2C. The predicted octanol–water partition coefficient (Wildman–Crippen LogP) is 5.05. The number of hydrogen-bond donors (Lipinski definition) is 3. The first kappa shape index (κ1) is 35.3. The highest BCUT2D eigenvalue weighted by Gasteiger charge is 2.35. The molecule has 1 atom stereocenters. The molecule has 2 aliphatic heterocycles. The van der Waals surface area contributed by atoms with Crippen LogP contribution in [0.2, 0.25) is 0 Å². The van der Waals surface area contributed by atoms with Crippen molar-refractivity contribution < 1.29 is 23.8 Å². The van der Waals surface area contributed by atoms with Gasteiger partial charge in [-0.25, -0.2) is 4.39 Å². The lowest BCUT2D eigenvalue weighted by Crippen LogP contribution is -2.53. The molecule has 1 aromatic rings. The molecule has 1 unspecified atom stereocenters. The number of aliphatic imine (C=N–C) groups is 1. The quantitative estimate of drug-likeness (QED) is 0.219. The lowest BCUT2D eigenvalue weighted by molar-refractivity contribution is -0.132. The average molecular weight is 571 g/mol. The molecule has 2 heterocycles. The summed E-state index contributed by atoms with van der Waals surface area (Å²) in [4.78, 5) is 32.3. The molecule has 2 bridgehead atoms. The normalized spacial score (nSPS) is 20.6. The molecule has 2 amide bonds. The fourth-order valence-electron chi connectivity index (χ4n) is 4.28. The molecule has 3 N–H and O–H groups in total. The van der Waals surface area contributed by atoms with Crippen LogP contribution in [0.5, 0.6) is 0 Å². The van der Waals surface area contributed by atoms with Gasteiger partial charge in [-0.15, -0.1) is 6.58 Å². The average Bonchev–Trinajstić information content (AvgIpc) is 2.95. The van der Waals surface area contributed by atoms with Crippen LogP contribution in [0.25, 0.3) is 0 Å². The number of nitrogens with zero attached hydrogens (tertiary/aromatic N) is 2. The van der Waals surface area contributed by atoms with E-state index >= 15 is 0 Å². The van der Waals surface area contributed by atoms with Crippen molar-refractivity contribution in [2.75, 3.05) is 39.4 Å². The number of rotatable bonds is 9. The number of hydrogen-bond acceptors (Lipinski definition) is 6. The Bertz CT molecular complexity index is 1120. The van der Waals surface area contributed by atoms with Crippen molar-refractivity contribution >= 4 is 18.0 Å². The molecule has 8 nitrogen and oxygen atoms in total. The maximum atomic E-state index is 13.5. The summed E-state index contributed by atoms with van der Waals surface area (Å²) in [5.41, 5.74) is 3.34. The zero-order valence-corrected chi connectivity index (χ0v) is 25.4. The van der Waals surface area contributed by atoms with E-state index in [1.54, 1.807) is 29.3 Å². The van der Waals surface area contributed by atoms with Crippen LogP contribution in [0.4, 0.5) is 4.39 Å². The Morgan fingerprint density at radius 2 is 1.98 bits per heavy atom. The highest BCUT2D eigenvalue weighted by molar-refractivity contribution is 6.19. The Labute approximate surface area is 244 Å². The number of allylic oxidation sites excluding steroid dienone is 3. The zero-order chi connectivity index (χ0) is 30.8. The number of halogens is 1. The highest BCUT2D eigenvalue weighted by atomic mass is 19.1. The smallest absolute Gasteiger partial charge is 0.263 e. The minimum Gasteiger partial charge on any atom is -0.509 e. The summed E-state index contributed by atoms with van der Waals surface area (Å²) in [7, 11) is 0. The van der Waals surface area contributed by atoms with Crippen molar-refractivity contribution in [2.45, 2.75) is 60.4 Å². The van der Waals surface area contributed by atoms with Gasteiger partial charge in [-0.1, -0.05) is 50.6 Å². The fraction of sp³-hybridized carbons (Fsp3) is 0.469. The van der Waals surface area contributed by atoms with Crippen molar-refractivity contribution in [3.05, 3.63) is 82.6 Å². The molecule has 1 saturated heterocycles.